The van der Waals surface area contributed by atoms with Crippen molar-refractivity contribution in [1.29, 1.82) is 0 Å². The van der Waals surface area contributed by atoms with Gasteiger partial charge in [-0.3, -0.25) is 0 Å². The second-order valence-corrected chi connectivity index (χ2v) is 4.86. The third-order valence-corrected chi connectivity index (χ3v) is 3.52. The molecule has 0 radical (unpaired) electrons. The Kier molecular flexibility index (Phi) is 3.66. The van der Waals surface area contributed by atoms with Crippen LogP contribution in [-0.2, 0) is 0 Å². The monoisotopic (exact) mass is 223 g/mol. The maximum absolute atomic E-state index is 6.45. The topological polar surface area (TPSA) is 3.24 Å². The highest BCUT2D eigenvalue weighted by Crippen LogP contribution is 2.25. The van der Waals surface area contributed by atoms with E-state index in [-0.39, 0.29) is 5.38 Å². The Morgan fingerprint density at radius 1 is 1.27 bits per heavy atom. The van der Waals surface area contributed by atoms with Crippen LogP contribution >= 0.6 is 11.6 Å². The Balaban J connectivity index is 2.00. The summed E-state index contributed by atoms with van der Waals surface area (Å²) in [4.78, 5) is 2.46. The van der Waals surface area contributed by atoms with Gasteiger partial charge in [0.05, 0.1) is 5.38 Å². The van der Waals surface area contributed by atoms with Crippen LogP contribution in [0.25, 0.3) is 0 Å². The van der Waals surface area contributed by atoms with E-state index in [1.165, 1.54) is 37.1 Å². The Labute approximate surface area is 97.0 Å². The standard InChI is InChI=1S/C13H18ClN/c1-11-6-2-3-7-12(11)13(14)10-15-8-4-5-9-15/h2-3,6-7,13H,4-5,8-10H2,1H3. The number of aryl methyl sites for hydroxylation is 1. The highest BCUT2D eigenvalue weighted by molar-refractivity contribution is 6.21. The van der Waals surface area contributed by atoms with Crippen molar-refractivity contribution in [1.82, 2.24) is 4.90 Å². The van der Waals surface area contributed by atoms with Crippen molar-refractivity contribution in [2.75, 3.05) is 19.6 Å². The molecule has 1 fully saturated rings. The molecular formula is C13H18ClN. The van der Waals surface area contributed by atoms with Gasteiger partial charge in [0.25, 0.3) is 0 Å². The number of hydrogen-bond acceptors (Lipinski definition) is 1. The van der Waals surface area contributed by atoms with Gasteiger partial charge in [0.15, 0.2) is 0 Å². The summed E-state index contributed by atoms with van der Waals surface area (Å²) >= 11 is 6.45. The number of likely N-dealkylation sites (tertiary alicyclic amines) is 1. The normalized spacial score (nSPS) is 19.3. The van der Waals surface area contributed by atoms with Gasteiger partial charge in [0.1, 0.15) is 0 Å². The zero-order chi connectivity index (χ0) is 10.7. The summed E-state index contributed by atoms with van der Waals surface area (Å²) in [7, 11) is 0. The molecule has 1 aliphatic heterocycles. The lowest BCUT2D eigenvalue weighted by atomic mass is 10.1. The lowest BCUT2D eigenvalue weighted by Crippen LogP contribution is -2.23. The smallest absolute Gasteiger partial charge is 0.0714 e. The quantitative estimate of drug-likeness (QED) is 0.711. The zero-order valence-electron chi connectivity index (χ0n) is 9.25. The van der Waals surface area contributed by atoms with E-state index < -0.39 is 0 Å². The number of nitrogens with zero attached hydrogens (tertiary/aromatic N) is 1. The van der Waals surface area contributed by atoms with E-state index in [4.69, 9.17) is 11.6 Å². The van der Waals surface area contributed by atoms with Crippen molar-refractivity contribution in [3.63, 3.8) is 0 Å². The first-order chi connectivity index (χ1) is 7.27. The van der Waals surface area contributed by atoms with E-state index in [0.29, 0.717) is 0 Å². The SMILES string of the molecule is Cc1ccccc1C(Cl)CN1CCCC1. The maximum atomic E-state index is 6.45. The van der Waals surface area contributed by atoms with Crippen LogP contribution in [0.2, 0.25) is 0 Å². The van der Waals surface area contributed by atoms with Gasteiger partial charge in [0.2, 0.25) is 0 Å². The van der Waals surface area contributed by atoms with Crippen LogP contribution in [0.15, 0.2) is 24.3 Å². The molecule has 2 rings (SSSR count). The van der Waals surface area contributed by atoms with Crippen LogP contribution in [-0.4, -0.2) is 24.5 Å². The van der Waals surface area contributed by atoms with Crippen molar-refractivity contribution in [3.05, 3.63) is 35.4 Å². The molecule has 0 amide bonds. The lowest BCUT2D eigenvalue weighted by molar-refractivity contribution is 0.339. The predicted molar refractivity (Wildman–Crippen MR) is 65.4 cm³/mol. The molecule has 82 valence electrons. The maximum Gasteiger partial charge on any atom is 0.0714 e. The first-order valence-electron chi connectivity index (χ1n) is 5.69. The number of halogens is 1. The Bertz CT molecular complexity index is 318. The van der Waals surface area contributed by atoms with Gasteiger partial charge >= 0.3 is 0 Å². The minimum Gasteiger partial charge on any atom is -0.302 e. The zero-order valence-corrected chi connectivity index (χ0v) is 10.0. The molecule has 0 aromatic heterocycles. The third-order valence-electron chi connectivity index (χ3n) is 3.14. The molecule has 1 aromatic rings. The molecule has 0 bridgehead atoms. The van der Waals surface area contributed by atoms with Gasteiger partial charge < -0.3 is 4.90 Å². The Hall–Kier alpha value is -0.530. The Morgan fingerprint density at radius 2 is 1.93 bits per heavy atom. The number of benzene rings is 1. The van der Waals surface area contributed by atoms with Gasteiger partial charge in [0, 0.05) is 6.54 Å². The van der Waals surface area contributed by atoms with E-state index in [9.17, 15) is 0 Å². The largest absolute Gasteiger partial charge is 0.302 e. The lowest BCUT2D eigenvalue weighted by Gasteiger charge is -2.20. The molecule has 1 saturated heterocycles. The first kappa shape index (κ1) is 11.0. The van der Waals surface area contributed by atoms with Crippen LogP contribution in [0.5, 0.6) is 0 Å². The van der Waals surface area contributed by atoms with E-state index in [1.54, 1.807) is 0 Å². The fourth-order valence-corrected chi connectivity index (χ4v) is 2.67. The highest BCUT2D eigenvalue weighted by Gasteiger charge is 2.17. The van der Waals surface area contributed by atoms with Gasteiger partial charge in [-0.25, -0.2) is 0 Å². The fraction of sp³-hybridized carbons (Fsp3) is 0.538. The summed E-state index contributed by atoms with van der Waals surface area (Å²) in [5.41, 5.74) is 2.59. The minimum absolute atomic E-state index is 0.143. The van der Waals surface area contributed by atoms with Crippen molar-refractivity contribution in [3.8, 4) is 0 Å². The number of rotatable bonds is 3. The minimum atomic E-state index is 0.143. The van der Waals surface area contributed by atoms with Crippen molar-refractivity contribution >= 4 is 11.6 Å². The second kappa shape index (κ2) is 5.00. The molecule has 15 heavy (non-hydrogen) atoms. The van der Waals surface area contributed by atoms with Gasteiger partial charge in [-0.05, 0) is 44.0 Å². The van der Waals surface area contributed by atoms with Gasteiger partial charge in [-0.1, -0.05) is 24.3 Å². The van der Waals surface area contributed by atoms with Crippen molar-refractivity contribution in [2.45, 2.75) is 25.1 Å². The number of hydrogen-bond donors (Lipinski definition) is 0. The van der Waals surface area contributed by atoms with Crippen molar-refractivity contribution in [2.24, 2.45) is 0 Å². The predicted octanol–water partition coefficient (Wildman–Crippen LogP) is 3.37. The summed E-state index contributed by atoms with van der Waals surface area (Å²) < 4.78 is 0. The van der Waals surface area contributed by atoms with Crippen LogP contribution in [0, 0.1) is 6.92 Å². The average Bonchev–Trinajstić information content (AvgIpc) is 2.71. The molecule has 1 atom stereocenters. The Morgan fingerprint density at radius 3 is 2.60 bits per heavy atom. The molecule has 0 N–H and O–H groups in total. The van der Waals surface area contributed by atoms with Crippen molar-refractivity contribution < 1.29 is 0 Å². The van der Waals surface area contributed by atoms with Crippen LogP contribution in [0.3, 0.4) is 0 Å². The summed E-state index contributed by atoms with van der Waals surface area (Å²) in [6, 6.07) is 8.41. The molecule has 1 aromatic carbocycles. The molecule has 0 saturated carbocycles. The van der Waals surface area contributed by atoms with E-state index in [0.717, 1.165) is 6.54 Å². The molecular weight excluding hydrogens is 206 g/mol. The summed E-state index contributed by atoms with van der Waals surface area (Å²) in [6.45, 7) is 5.56. The molecule has 1 heterocycles. The van der Waals surface area contributed by atoms with Crippen LogP contribution < -0.4 is 0 Å². The summed E-state index contributed by atoms with van der Waals surface area (Å²) in [6.07, 6.45) is 2.66. The van der Waals surface area contributed by atoms with E-state index >= 15 is 0 Å². The van der Waals surface area contributed by atoms with Gasteiger partial charge in [-0.2, -0.15) is 0 Å². The molecule has 1 unspecified atom stereocenters. The summed E-state index contributed by atoms with van der Waals surface area (Å²) in [5.74, 6) is 0. The summed E-state index contributed by atoms with van der Waals surface area (Å²) in [5, 5.41) is 0.143. The van der Waals surface area contributed by atoms with Gasteiger partial charge in [-0.15, -0.1) is 11.6 Å². The van der Waals surface area contributed by atoms with Crippen LogP contribution in [0.1, 0.15) is 29.3 Å². The highest BCUT2D eigenvalue weighted by atomic mass is 35.5. The first-order valence-corrected chi connectivity index (χ1v) is 6.13. The molecule has 1 nitrogen and oxygen atoms in total. The molecule has 2 heteroatoms. The third kappa shape index (κ3) is 2.73. The van der Waals surface area contributed by atoms with Crippen LogP contribution in [0.4, 0.5) is 0 Å². The van der Waals surface area contributed by atoms with E-state index in [1.807, 2.05) is 0 Å². The molecule has 1 aliphatic rings. The second-order valence-electron chi connectivity index (χ2n) is 4.33. The molecule has 0 aliphatic carbocycles. The van der Waals surface area contributed by atoms with E-state index in [2.05, 4.69) is 36.1 Å². The average molecular weight is 224 g/mol. The molecule has 0 spiro atoms. The fourth-order valence-electron chi connectivity index (χ4n) is 2.23. The number of alkyl halides is 1.